The summed E-state index contributed by atoms with van der Waals surface area (Å²) in [6.07, 6.45) is 1.02. The molecule has 5 rings (SSSR count). The molecule has 0 fully saturated rings. The van der Waals surface area contributed by atoms with E-state index in [1.165, 1.54) is 38.3 Å². The highest BCUT2D eigenvalue weighted by molar-refractivity contribution is 7.19. The number of rotatable bonds is 2. The largest absolute Gasteiger partial charge is 0.351 e. The highest BCUT2D eigenvalue weighted by atomic mass is 35.5. The zero-order chi connectivity index (χ0) is 20.1. The number of anilines is 1. The molecule has 29 heavy (non-hydrogen) atoms. The summed E-state index contributed by atoms with van der Waals surface area (Å²) >= 11 is 8.05. The molecule has 3 heterocycles. The maximum atomic E-state index is 6.35. The van der Waals surface area contributed by atoms with Crippen LogP contribution in [-0.2, 0) is 13.0 Å². The molecule has 1 aliphatic heterocycles. The van der Waals surface area contributed by atoms with Crippen molar-refractivity contribution in [2.45, 2.75) is 33.7 Å². The number of aromatic nitrogens is 2. The van der Waals surface area contributed by atoms with Crippen LogP contribution in [0, 0.1) is 20.8 Å². The zero-order valence-corrected chi connectivity index (χ0v) is 18.4. The molecule has 0 atom stereocenters. The quantitative estimate of drug-likeness (QED) is 0.347. The van der Waals surface area contributed by atoms with Crippen LogP contribution in [0.2, 0.25) is 5.28 Å². The lowest BCUT2D eigenvalue weighted by Gasteiger charge is -2.30. The van der Waals surface area contributed by atoms with E-state index in [0.29, 0.717) is 5.28 Å². The molecule has 1 aliphatic rings. The van der Waals surface area contributed by atoms with Gasteiger partial charge in [-0.1, -0.05) is 42.5 Å². The molecule has 3 nitrogen and oxygen atoms in total. The van der Waals surface area contributed by atoms with Crippen molar-refractivity contribution in [3.63, 3.8) is 0 Å². The second-order valence-corrected chi connectivity index (χ2v) is 9.31. The summed E-state index contributed by atoms with van der Waals surface area (Å²) in [5.41, 5.74) is 7.85. The third-order valence-corrected chi connectivity index (χ3v) is 7.08. The average molecular weight is 420 g/mol. The van der Waals surface area contributed by atoms with Gasteiger partial charge in [0.2, 0.25) is 5.28 Å². The lowest BCUT2D eigenvalue weighted by Crippen LogP contribution is -2.31. The highest BCUT2D eigenvalue weighted by Crippen LogP contribution is 2.43. The Bertz CT molecular complexity index is 1240. The van der Waals surface area contributed by atoms with Crippen molar-refractivity contribution in [2.24, 2.45) is 0 Å². The Labute approximate surface area is 180 Å². The van der Waals surface area contributed by atoms with Crippen molar-refractivity contribution in [3.8, 4) is 11.1 Å². The van der Waals surface area contributed by atoms with Gasteiger partial charge >= 0.3 is 0 Å². The second-order valence-electron chi connectivity index (χ2n) is 7.77. The third kappa shape index (κ3) is 3.21. The maximum absolute atomic E-state index is 6.35. The van der Waals surface area contributed by atoms with Crippen LogP contribution < -0.4 is 4.90 Å². The van der Waals surface area contributed by atoms with E-state index >= 15 is 0 Å². The van der Waals surface area contributed by atoms with Gasteiger partial charge < -0.3 is 4.90 Å². The molecule has 0 bridgehead atoms. The number of benzene rings is 2. The van der Waals surface area contributed by atoms with Gasteiger partial charge in [0.15, 0.2) is 0 Å². The zero-order valence-electron chi connectivity index (χ0n) is 16.8. The van der Waals surface area contributed by atoms with E-state index in [4.69, 9.17) is 16.6 Å². The van der Waals surface area contributed by atoms with Gasteiger partial charge in [-0.15, -0.1) is 11.3 Å². The van der Waals surface area contributed by atoms with Crippen molar-refractivity contribution in [1.29, 1.82) is 0 Å². The van der Waals surface area contributed by atoms with Gasteiger partial charge in [0.05, 0.1) is 5.39 Å². The molecule has 0 saturated carbocycles. The molecule has 4 aromatic rings. The highest BCUT2D eigenvalue weighted by Gasteiger charge is 2.24. The standard InChI is InChI=1S/C24H22ClN3S/c1-14-8-9-18(12-15(14)2)20-16(3)29-23-21(20)22(26-24(25)27-23)28-11-10-17-6-4-5-7-19(17)13-28/h4-9,12H,10-11,13H2,1-3H3. The number of halogens is 1. The van der Waals surface area contributed by atoms with Crippen molar-refractivity contribution in [3.05, 3.63) is 74.9 Å². The minimum atomic E-state index is 0.319. The molecule has 0 saturated heterocycles. The molecule has 2 aromatic heterocycles. The summed E-state index contributed by atoms with van der Waals surface area (Å²) in [7, 11) is 0. The molecule has 146 valence electrons. The van der Waals surface area contributed by atoms with Crippen LogP contribution in [0.4, 0.5) is 5.82 Å². The van der Waals surface area contributed by atoms with Crippen LogP contribution in [0.25, 0.3) is 21.3 Å². The number of fused-ring (bicyclic) bond motifs is 2. The van der Waals surface area contributed by atoms with E-state index in [2.05, 4.69) is 73.1 Å². The Morgan fingerprint density at radius 1 is 0.966 bits per heavy atom. The van der Waals surface area contributed by atoms with Crippen molar-refractivity contribution >= 4 is 39.0 Å². The number of nitrogens with zero attached hydrogens (tertiary/aromatic N) is 3. The van der Waals surface area contributed by atoms with Crippen LogP contribution >= 0.6 is 22.9 Å². The summed E-state index contributed by atoms with van der Waals surface area (Å²) in [5.74, 6) is 0.951. The third-order valence-electron chi connectivity index (χ3n) is 5.91. The second kappa shape index (κ2) is 7.12. The molecule has 0 radical (unpaired) electrons. The first-order chi connectivity index (χ1) is 14.0. The Kier molecular flexibility index (Phi) is 4.56. The van der Waals surface area contributed by atoms with Gasteiger partial charge in [-0.25, -0.2) is 4.98 Å². The van der Waals surface area contributed by atoms with Gasteiger partial charge in [0, 0.05) is 23.5 Å². The maximum Gasteiger partial charge on any atom is 0.225 e. The first-order valence-electron chi connectivity index (χ1n) is 9.87. The fourth-order valence-corrected chi connectivity index (χ4v) is 5.47. The number of hydrogen-bond donors (Lipinski definition) is 0. The average Bonchev–Trinajstić information content (AvgIpc) is 3.04. The summed E-state index contributed by atoms with van der Waals surface area (Å²) in [6.45, 7) is 8.26. The summed E-state index contributed by atoms with van der Waals surface area (Å²) in [6, 6.07) is 15.3. The molecule has 0 amide bonds. The van der Waals surface area contributed by atoms with Crippen LogP contribution in [0.15, 0.2) is 42.5 Å². The summed E-state index contributed by atoms with van der Waals surface area (Å²) in [5, 5.41) is 1.44. The van der Waals surface area contributed by atoms with Crippen molar-refractivity contribution in [1.82, 2.24) is 9.97 Å². The molecule has 0 unspecified atom stereocenters. The fourth-order valence-electron chi connectivity index (χ4n) is 4.22. The van der Waals surface area contributed by atoms with E-state index < -0.39 is 0 Å². The van der Waals surface area contributed by atoms with Gasteiger partial charge in [-0.2, -0.15) is 4.98 Å². The Morgan fingerprint density at radius 2 is 1.76 bits per heavy atom. The predicted octanol–water partition coefficient (Wildman–Crippen LogP) is 6.50. The summed E-state index contributed by atoms with van der Waals surface area (Å²) < 4.78 is 0. The van der Waals surface area contributed by atoms with Gasteiger partial charge in [0.1, 0.15) is 10.6 Å². The topological polar surface area (TPSA) is 29.0 Å². The van der Waals surface area contributed by atoms with E-state index in [1.54, 1.807) is 11.3 Å². The van der Waals surface area contributed by atoms with Crippen molar-refractivity contribution in [2.75, 3.05) is 11.4 Å². The van der Waals surface area contributed by atoms with Crippen LogP contribution in [-0.4, -0.2) is 16.5 Å². The van der Waals surface area contributed by atoms with Gasteiger partial charge in [0.25, 0.3) is 0 Å². The normalized spacial score (nSPS) is 13.7. The Balaban J connectivity index is 1.71. The SMILES string of the molecule is Cc1ccc(-c2c(C)sc3nc(Cl)nc(N4CCc5ccccc5C4)c23)cc1C. The first kappa shape index (κ1) is 18.6. The molecule has 0 N–H and O–H groups in total. The van der Waals surface area contributed by atoms with E-state index in [9.17, 15) is 0 Å². The monoisotopic (exact) mass is 419 g/mol. The molecule has 0 spiro atoms. The van der Waals surface area contributed by atoms with Gasteiger partial charge in [-0.05, 0) is 66.6 Å². The number of aryl methyl sites for hydroxylation is 3. The molecule has 0 aliphatic carbocycles. The summed E-state index contributed by atoms with van der Waals surface area (Å²) in [4.78, 5) is 13.9. The molecule has 2 aromatic carbocycles. The Hall–Kier alpha value is -2.43. The van der Waals surface area contributed by atoms with Crippen molar-refractivity contribution < 1.29 is 0 Å². The van der Waals surface area contributed by atoms with E-state index in [-0.39, 0.29) is 0 Å². The predicted molar refractivity (Wildman–Crippen MR) is 123 cm³/mol. The van der Waals surface area contributed by atoms with Crippen LogP contribution in [0.5, 0.6) is 0 Å². The first-order valence-corrected chi connectivity index (χ1v) is 11.1. The number of hydrogen-bond acceptors (Lipinski definition) is 4. The molecular weight excluding hydrogens is 398 g/mol. The lowest BCUT2D eigenvalue weighted by molar-refractivity contribution is 0.723. The van der Waals surface area contributed by atoms with E-state index in [0.717, 1.165) is 35.5 Å². The Morgan fingerprint density at radius 3 is 2.55 bits per heavy atom. The smallest absolute Gasteiger partial charge is 0.225 e. The fraction of sp³-hybridized carbons (Fsp3) is 0.250. The molecule has 5 heteroatoms. The lowest BCUT2D eigenvalue weighted by atomic mass is 9.97. The van der Waals surface area contributed by atoms with Crippen LogP contribution in [0.3, 0.4) is 0 Å². The minimum absolute atomic E-state index is 0.319. The van der Waals surface area contributed by atoms with Crippen LogP contribution in [0.1, 0.15) is 27.1 Å². The molecular formula is C24H22ClN3S. The number of thiophene rings is 1. The van der Waals surface area contributed by atoms with E-state index in [1.807, 2.05) is 0 Å². The minimum Gasteiger partial charge on any atom is -0.351 e. The van der Waals surface area contributed by atoms with Gasteiger partial charge in [-0.3, -0.25) is 0 Å².